The Morgan fingerprint density at radius 1 is 1.13 bits per heavy atom. The number of pyridine rings is 1. The topological polar surface area (TPSA) is 80.7 Å². The molecule has 4 rings (SSSR count). The molecule has 0 aliphatic heterocycles. The average molecular weight is 452 g/mol. The van der Waals surface area contributed by atoms with E-state index in [1.54, 1.807) is 35.9 Å². The number of nitrogens with zero attached hydrogens (tertiary/aromatic N) is 4. The van der Waals surface area contributed by atoms with Crippen LogP contribution in [-0.4, -0.2) is 31.8 Å². The quantitative estimate of drug-likeness (QED) is 0.416. The van der Waals surface area contributed by atoms with Crippen LogP contribution in [-0.2, 0) is 11.3 Å². The largest absolute Gasteiger partial charge is 0.351 e. The van der Waals surface area contributed by atoms with E-state index in [0.717, 1.165) is 32.4 Å². The number of hydrogen-bond acceptors (Lipinski definition) is 7. The van der Waals surface area contributed by atoms with Crippen molar-refractivity contribution in [2.45, 2.75) is 18.5 Å². The lowest BCUT2D eigenvalue weighted by Gasteiger charge is -2.05. The third-order valence-electron chi connectivity index (χ3n) is 4.33. The van der Waals surface area contributed by atoms with Crippen LogP contribution in [0.2, 0.25) is 0 Å². The van der Waals surface area contributed by atoms with Gasteiger partial charge in [0.1, 0.15) is 21.5 Å². The molecule has 0 saturated carbocycles. The number of rotatable bonds is 7. The van der Waals surface area contributed by atoms with Gasteiger partial charge in [0.25, 0.3) is 0 Å². The Morgan fingerprint density at radius 2 is 1.97 bits per heavy atom. The lowest BCUT2D eigenvalue weighted by molar-refractivity contribution is -0.118. The summed E-state index contributed by atoms with van der Waals surface area (Å²) >= 11 is 2.86. The maximum Gasteiger partial charge on any atom is 0.230 e. The van der Waals surface area contributed by atoms with Crippen molar-refractivity contribution in [3.63, 3.8) is 0 Å². The summed E-state index contributed by atoms with van der Waals surface area (Å²) in [4.78, 5) is 21.8. The number of carbonyl (C=O) groups is 1. The van der Waals surface area contributed by atoms with Gasteiger partial charge in [-0.3, -0.25) is 9.78 Å². The maximum atomic E-state index is 12.9. The van der Waals surface area contributed by atoms with Crippen LogP contribution in [0.1, 0.15) is 11.3 Å². The number of nitrogens with one attached hydrogen (secondary N) is 1. The van der Waals surface area contributed by atoms with E-state index in [1.807, 2.05) is 31.2 Å². The van der Waals surface area contributed by atoms with Crippen LogP contribution in [0, 0.1) is 12.7 Å². The molecule has 6 nitrogen and oxygen atoms in total. The molecule has 0 aliphatic carbocycles. The molecule has 0 unspecified atom stereocenters. The molecule has 0 aliphatic rings. The molecular formula is C22H18FN5OS2. The average Bonchev–Trinajstić information content (AvgIpc) is 3.20. The fraction of sp³-hybridized carbons (Fsp3) is 0.136. The second kappa shape index (κ2) is 9.76. The van der Waals surface area contributed by atoms with E-state index >= 15 is 0 Å². The smallest absolute Gasteiger partial charge is 0.230 e. The highest BCUT2D eigenvalue weighted by Gasteiger charge is 2.13. The SMILES string of the molecule is Cc1nc(-c2cccnc2)sc1-c1ccc(SCC(=O)NCc2ccc(F)cc2)nn1. The summed E-state index contributed by atoms with van der Waals surface area (Å²) in [6.07, 6.45) is 3.52. The summed E-state index contributed by atoms with van der Waals surface area (Å²) < 4.78 is 12.9. The van der Waals surface area contributed by atoms with Gasteiger partial charge < -0.3 is 5.32 Å². The zero-order chi connectivity index (χ0) is 21.6. The molecular weight excluding hydrogens is 433 g/mol. The lowest BCUT2D eigenvalue weighted by atomic mass is 10.2. The second-order valence-corrected chi connectivity index (χ2v) is 8.62. The predicted octanol–water partition coefficient (Wildman–Crippen LogP) is 4.52. The molecule has 1 amide bonds. The summed E-state index contributed by atoms with van der Waals surface area (Å²) in [5.41, 5.74) is 3.44. The molecule has 9 heteroatoms. The van der Waals surface area contributed by atoms with Gasteiger partial charge >= 0.3 is 0 Å². The fourth-order valence-electron chi connectivity index (χ4n) is 2.76. The van der Waals surface area contributed by atoms with Gasteiger partial charge in [0.2, 0.25) is 5.91 Å². The maximum absolute atomic E-state index is 12.9. The van der Waals surface area contributed by atoms with Gasteiger partial charge in [-0.15, -0.1) is 21.5 Å². The van der Waals surface area contributed by atoms with Crippen molar-refractivity contribution >= 4 is 29.0 Å². The number of aryl methyl sites for hydroxylation is 1. The molecule has 1 aromatic carbocycles. The Balaban J connectivity index is 1.34. The summed E-state index contributed by atoms with van der Waals surface area (Å²) in [7, 11) is 0. The minimum atomic E-state index is -0.297. The molecule has 4 aromatic rings. The van der Waals surface area contributed by atoms with Crippen molar-refractivity contribution in [1.82, 2.24) is 25.5 Å². The minimum Gasteiger partial charge on any atom is -0.351 e. The van der Waals surface area contributed by atoms with E-state index in [2.05, 4.69) is 25.5 Å². The number of carbonyl (C=O) groups excluding carboxylic acids is 1. The number of thioether (sulfide) groups is 1. The number of hydrogen-bond donors (Lipinski definition) is 1. The van der Waals surface area contributed by atoms with Crippen LogP contribution in [0.3, 0.4) is 0 Å². The van der Waals surface area contributed by atoms with Crippen molar-refractivity contribution in [2.75, 3.05) is 5.75 Å². The Bertz CT molecular complexity index is 1160. The molecule has 0 fully saturated rings. The van der Waals surface area contributed by atoms with Crippen LogP contribution in [0.15, 0.2) is 66.0 Å². The molecule has 0 bridgehead atoms. The van der Waals surface area contributed by atoms with Crippen LogP contribution < -0.4 is 5.32 Å². The highest BCUT2D eigenvalue weighted by molar-refractivity contribution is 7.99. The molecule has 0 radical (unpaired) electrons. The third kappa shape index (κ3) is 5.50. The Hall–Kier alpha value is -3.17. The number of benzene rings is 1. The standard InChI is InChI=1S/C22H18FN5OS2/c1-14-21(31-22(26-14)16-3-2-10-24-12-16)18-8-9-20(28-27-18)30-13-19(29)25-11-15-4-6-17(23)7-5-15/h2-10,12H,11,13H2,1H3,(H,25,29). The Morgan fingerprint density at radius 3 is 2.68 bits per heavy atom. The summed E-state index contributed by atoms with van der Waals surface area (Å²) in [5.74, 6) is -0.200. The third-order valence-corrected chi connectivity index (χ3v) is 6.48. The van der Waals surface area contributed by atoms with E-state index in [1.165, 1.54) is 23.9 Å². The van der Waals surface area contributed by atoms with E-state index < -0.39 is 0 Å². The van der Waals surface area contributed by atoms with E-state index in [4.69, 9.17) is 0 Å². The van der Waals surface area contributed by atoms with Crippen LogP contribution in [0.5, 0.6) is 0 Å². The molecule has 0 spiro atoms. The molecule has 31 heavy (non-hydrogen) atoms. The van der Waals surface area contributed by atoms with Crippen LogP contribution in [0.4, 0.5) is 4.39 Å². The minimum absolute atomic E-state index is 0.125. The van der Waals surface area contributed by atoms with Gasteiger partial charge in [-0.25, -0.2) is 9.37 Å². The van der Waals surface area contributed by atoms with Crippen molar-refractivity contribution in [3.05, 3.63) is 78.0 Å². The van der Waals surface area contributed by atoms with Gasteiger partial charge in [0.15, 0.2) is 0 Å². The number of halogens is 1. The van der Waals surface area contributed by atoms with Gasteiger partial charge in [0, 0.05) is 24.5 Å². The van der Waals surface area contributed by atoms with Crippen molar-refractivity contribution in [3.8, 4) is 21.1 Å². The van der Waals surface area contributed by atoms with Crippen molar-refractivity contribution in [1.29, 1.82) is 0 Å². The molecule has 1 N–H and O–H groups in total. The van der Waals surface area contributed by atoms with E-state index in [0.29, 0.717) is 11.6 Å². The Kier molecular flexibility index (Phi) is 6.63. The first-order valence-corrected chi connectivity index (χ1v) is 11.2. The monoisotopic (exact) mass is 451 g/mol. The van der Waals surface area contributed by atoms with Crippen LogP contribution >= 0.6 is 23.1 Å². The Labute approximate surface area is 187 Å². The van der Waals surface area contributed by atoms with E-state index in [9.17, 15) is 9.18 Å². The number of aromatic nitrogens is 4. The van der Waals surface area contributed by atoms with Gasteiger partial charge in [-0.05, 0) is 48.9 Å². The van der Waals surface area contributed by atoms with Crippen molar-refractivity contribution in [2.24, 2.45) is 0 Å². The molecule has 3 heterocycles. The fourth-order valence-corrected chi connectivity index (χ4v) is 4.42. The number of amides is 1. The molecule has 156 valence electrons. The van der Waals surface area contributed by atoms with Gasteiger partial charge in [-0.1, -0.05) is 23.9 Å². The van der Waals surface area contributed by atoms with Gasteiger partial charge in [-0.2, -0.15) is 0 Å². The zero-order valence-corrected chi connectivity index (χ0v) is 18.2. The first-order valence-electron chi connectivity index (χ1n) is 9.44. The van der Waals surface area contributed by atoms with Crippen LogP contribution in [0.25, 0.3) is 21.1 Å². The summed E-state index contributed by atoms with van der Waals surface area (Å²) in [6.45, 7) is 2.30. The molecule has 3 aromatic heterocycles. The predicted molar refractivity (Wildman–Crippen MR) is 120 cm³/mol. The van der Waals surface area contributed by atoms with Gasteiger partial charge in [0.05, 0.1) is 16.3 Å². The second-order valence-electron chi connectivity index (χ2n) is 6.62. The first-order chi connectivity index (χ1) is 15.1. The molecule has 0 saturated heterocycles. The highest BCUT2D eigenvalue weighted by Crippen LogP contribution is 2.34. The number of thiazole rings is 1. The summed E-state index contributed by atoms with van der Waals surface area (Å²) in [6, 6.07) is 13.6. The first kappa shape index (κ1) is 21.1. The zero-order valence-electron chi connectivity index (χ0n) is 16.6. The normalized spacial score (nSPS) is 10.8. The highest BCUT2D eigenvalue weighted by atomic mass is 32.2. The summed E-state index contributed by atoms with van der Waals surface area (Å²) in [5, 5.41) is 12.9. The van der Waals surface area contributed by atoms with E-state index in [-0.39, 0.29) is 17.5 Å². The molecule has 0 atom stereocenters. The lowest BCUT2D eigenvalue weighted by Crippen LogP contribution is -2.24. The van der Waals surface area contributed by atoms with Crippen molar-refractivity contribution < 1.29 is 9.18 Å².